The number of hydrogen-bond donors (Lipinski definition) is 1. The average Bonchev–Trinajstić information content (AvgIpc) is 2.84. The zero-order valence-electron chi connectivity index (χ0n) is 13.4. The lowest BCUT2D eigenvalue weighted by Gasteiger charge is -2.29. The molecule has 0 amide bonds. The lowest BCUT2D eigenvalue weighted by atomic mass is 9.95. The van der Waals surface area contributed by atoms with Gasteiger partial charge >= 0.3 is 0 Å². The van der Waals surface area contributed by atoms with Crippen molar-refractivity contribution in [1.29, 1.82) is 0 Å². The summed E-state index contributed by atoms with van der Waals surface area (Å²) < 4.78 is 42.0. The van der Waals surface area contributed by atoms with Gasteiger partial charge in [-0.1, -0.05) is 0 Å². The van der Waals surface area contributed by atoms with Crippen LogP contribution in [0.15, 0.2) is 0 Å². The van der Waals surface area contributed by atoms with Gasteiger partial charge in [-0.05, 0) is 31.4 Å². The smallest absolute Gasteiger partial charge is 0.264 e. The highest BCUT2D eigenvalue weighted by molar-refractivity contribution is 7.85. The third-order valence-electron chi connectivity index (χ3n) is 4.36. The molecule has 0 bridgehead atoms. The number of morpholine rings is 1. The molecule has 0 aliphatic carbocycles. The van der Waals surface area contributed by atoms with Crippen molar-refractivity contribution >= 4 is 27.5 Å². The van der Waals surface area contributed by atoms with Crippen LogP contribution in [0.3, 0.4) is 0 Å². The van der Waals surface area contributed by atoms with E-state index in [-0.39, 0.29) is 17.5 Å². The topological polar surface area (TPSA) is 102 Å². The monoisotopic (exact) mass is 377 g/mol. The Morgan fingerprint density at radius 1 is 1.33 bits per heavy atom. The molecule has 1 atom stereocenters. The summed E-state index contributed by atoms with van der Waals surface area (Å²) in [4.78, 5) is 10.8. The van der Waals surface area contributed by atoms with Crippen molar-refractivity contribution in [3.8, 4) is 0 Å². The minimum atomic E-state index is -3.99. The largest absolute Gasteiger partial charge is 0.378 e. The fraction of sp³-hybridized carbons (Fsp3) is 0.714. The van der Waals surface area contributed by atoms with Crippen LogP contribution in [0, 0.1) is 0 Å². The van der Waals surface area contributed by atoms with Gasteiger partial charge in [-0.25, -0.2) is 9.97 Å². The van der Waals surface area contributed by atoms with E-state index in [0.717, 1.165) is 24.5 Å². The van der Waals surface area contributed by atoms with Crippen LogP contribution in [-0.2, 0) is 31.8 Å². The summed E-state index contributed by atoms with van der Waals surface area (Å²) >= 11 is 6.11. The molecular weight excluding hydrogens is 358 g/mol. The van der Waals surface area contributed by atoms with Gasteiger partial charge in [0.1, 0.15) is 11.4 Å². The van der Waals surface area contributed by atoms with Gasteiger partial charge in [0.15, 0.2) is 0 Å². The third kappa shape index (κ3) is 3.80. The highest BCUT2D eigenvalue weighted by atomic mass is 35.5. The molecular formula is C14H20ClN3O5S. The van der Waals surface area contributed by atoms with Crippen molar-refractivity contribution in [2.45, 2.75) is 32.0 Å². The van der Waals surface area contributed by atoms with Gasteiger partial charge in [-0.3, -0.25) is 4.55 Å². The van der Waals surface area contributed by atoms with E-state index in [1.54, 1.807) is 0 Å². The molecule has 2 aliphatic rings. The maximum atomic E-state index is 10.9. The van der Waals surface area contributed by atoms with Crippen LogP contribution in [0.1, 0.15) is 31.0 Å². The Balaban J connectivity index is 1.86. The van der Waals surface area contributed by atoms with Gasteiger partial charge in [0.2, 0.25) is 5.28 Å². The average molecular weight is 378 g/mol. The molecule has 0 aromatic carbocycles. The van der Waals surface area contributed by atoms with Crippen molar-refractivity contribution < 1.29 is 22.4 Å². The molecule has 0 radical (unpaired) electrons. The molecule has 24 heavy (non-hydrogen) atoms. The van der Waals surface area contributed by atoms with Crippen molar-refractivity contribution in [3.63, 3.8) is 0 Å². The first-order valence-electron chi connectivity index (χ1n) is 7.77. The van der Waals surface area contributed by atoms with Gasteiger partial charge in [0, 0.05) is 18.7 Å². The summed E-state index contributed by atoms with van der Waals surface area (Å²) in [5, 5.41) is 0.141. The van der Waals surface area contributed by atoms with E-state index in [2.05, 4.69) is 14.9 Å². The van der Waals surface area contributed by atoms with Crippen molar-refractivity contribution in [2.24, 2.45) is 0 Å². The highest BCUT2D eigenvalue weighted by Gasteiger charge is 2.40. The van der Waals surface area contributed by atoms with E-state index in [1.807, 2.05) is 6.92 Å². The number of hydrogen-bond acceptors (Lipinski definition) is 7. The van der Waals surface area contributed by atoms with Crippen LogP contribution in [0.5, 0.6) is 0 Å². The minimum absolute atomic E-state index is 0.141. The summed E-state index contributed by atoms with van der Waals surface area (Å²) in [6.07, 6.45) is 0.680. The normalized spacial score (nSPS) is 24.2. The molecule has 10 heteroatoms. The predicted octanol–water partition coefficient (Wildman–Crippen LogP) is 1.38. The maximum Gasteiger partial charge on any atom is 0.264 e. The molecule has 8 nitrogen and oxygen atoms in total. The van der Waals surface area contributed by atoms with E-state index in [4.69, 9.17) is 25.6 Å². The number of fused-ring (bicyclic) bond motifs is 1. The summed E-state index contributed by atoms with van der Waals surface area (Å²) in [5.41, 5.74) is 0.836. The van der Waals surface area contributed by atoms with Crippen LogP contribution in [0.4, 0.5) is 5.82 Å². The van der Waals surface area contributed by atoms with Crippen LogP contribution in [0.25, 0.3) is 0 Å². The van der Waals surface area contributed by atoms with Crippen LogP contribution < -0.4 is 4.90 Å². The second-order valence-electron chi connectivity index (χ2n) is 6.15. The molecule has 1 aromatic rings. The van der Waals surface area contributed by atoms with E-state index in [9.17, 15) is 8.42 Å². The third-order valence-corrected chi connectivity index (χ3v) is 5.33. The Hall–Kier alpha value is -1.00. The van der Waals surface area contributed by atoms with Crippen LogP contribution >= 0.6 is 11.6 Å². The zero-order chi connectivity index (χ0) is 17.4. The first kappa shape index (κ1) is 17.8. The summed E-state index contributed by atoms with van der Waals surface area (Å²) in [7, 11) is -3.99. The van der Waals surface area contributed by atoms with E-state index < -0.39 is 15.7 Å². The number of anilines is 1. The van der Waals surface area contributed by atoms with Gasteiger partial charge in [-0.2, -0.15) is 8.42 Å². The highest BCUT2D eigenvalue weighted by Crippen LogP contribution is 2.42. The number of ether oxygens (including phenoxy) is 2. The first-order valence-corrected chi connectivity index (χ1v) is 9.76. The minimum Gasteiger partial charge on any atom is -0.378 e. The molecule has 1 unspecified atom stereocenters. The second-order valence-corrected chi connectivity index (χ2v) is 8.06. The lowest BCUT2D eigenvalue weighted by Crippen LogP contribution is -2.37. The van der Waals surface area contributed by atoms with Gasteiger partial charge in [0.25, 0.3) is 10.1 Å². The summed E-state index contributed by atoms with van der Waals surface area (Å²) in [5.74, 6) is 0.447. The second kappa shape index (κ2) is 6.72. The molecule has 3 heterocycles. The van der Waals surface area contributed by atoms with Crippen molar-refractivity contribution in [1.82, 2.24) is 9.97 Å². The number of aromatic nitrogens is 2. The standard InChI is InChI=1S/C14H20ClN3O5S/c1-14(3-2-8-24(19,20)21)11-10(9-23-14)12(17-13(15)16-11)18-4-6-22-7-5-18/h2-9H2,1H3,(H,19,20,21). The van der Waals surface area contributed by atoms with E-state index in [0.29, 0.717) is 31.9 Å². The van der Waals surface area contributed by atoms with Crippen molar-refractivity contribution in [2.75, 3.05) is 37.0 Å². The van der Waals surface area contributed by atoms with E-state index in [1.165, 1.54) is 0 Å². The SMILES string of the molecule is CC1(CCCS(=O)(=O)O)OCc2c(N3CCOCC3)nc(Cl)nc21. The Bertz CT molecular complexity index is 723. The Morgan fingerprint density at radius 2 is 2.04 bits per heavy atom. The summed E-state index contributed by atoms with van der Waals surface area (Å²) in [6, 6.07) is 0. The van der Waals surface area contributed by atoms with Crippen LogP contribution in [-0.4, -0.2) is 55.0 Å². The molecule has 3 rings (SSSR count). The van der Waals surface area contributed by atoms with Gasteiger partial charge in [-0.15, -0.1) is 0 Å². The molecule has 1 N–H and O–H groups in total. The van der Waals surface area contributed by atoms with Gasteiger partial charge in [0.05, 0.1) is 31.3 Å². The number of halogens is 1. The Labute approximate surface area is 145 Å². The molecule has 1 aromatic heterocycles. The predicted molar refractivity (Wildman–Crippen MR) is 87.9 cm³/mol. The van der Waals surface area contributed by atoms with Gasteiger partial charge < -0.3 is 14.4 Å². The van der Waals surface area contributed by atoms with Crippen molar-refractivity contribution in [3.05, 3.63) is 16.5 Å². The van der Waals surface area contributed by atoms with Crippen LogP contribution in [0.2, 0.25) is 5.28 Å². The van der Waals surface area contributed by atoms with E-state index >= 15 is 0 Å². The first-order chi connectivity index (χ1) is 11.3. The number of nitrogens with zero attached hydrogens (tertiary/aromatic N) is 3. The summed E-state index contributed by atoms with van der Waals surface area (Å²) in [6.45, 7) is 4.90. The number of rotatable bonds is 5. The Kier molecular flexibility index (Phi) is 4.99. The maximum absolute atomic E-state index is 10.9. The molecule has 134 valence electrons. The lowest BCUT2D eigenvalue weighted by molar-refractivity contribution is -0.0320. The quantitative estimate of drug-likeness (QED) is 0.606. The fourth-order valence-corrected chi connectivity index (χ4v) is 3.81. The fourth-order valence-electron chi connectivity index (χ4n) is 3.13. The Morgan fingerprint density at radius 3 is 2.71 bits per heavy atom. The molecule has 0 spiro atoms. The molecule has 0 saturated carbocycles. The molecule has 1 saturated heterocycles. The zero-order valence-corrected chi connectivity index (χ0v) is 14.9. The molecule has 1 fully saturated rings. The molecule has 2 aliphatic heterocycles.